The van der Waals surface area contributed by atoms with E-state index in [0.29, 0.717) is 35.4 Å². The SMILES string of the molecule is COC(=O)C1=C(C)N=C(C)C(C(=O)OC)C1c1cc([N+](=O)[O-])ccc1OCCCCN1C(=O)c2ccccc2C1=O. The number of imide groups is 1. The van der Waals surface area contributed by atoms with Crippen LogP contribution in [-0.4, -0.2) is 66.7 Å². The number of unbranched alkanes of at least 4 members (excludes halogenated alkanes) is 1. The number of carbonyl (C=O) groups excluding carboxylic acids is 4. The second-order valence-electron chi connectivity index (χ2n) is 9.56. The van der Waals surface area contributed by atoms with E-state index in [1.165, 1.54) is 37.3 Å². The molecule has 0 aliphatic carbocycles. The number of aliphatic imine (C=N–C) groups is 1. The smallest absolute Gasteiger partial charge is 0.336 e. The molecule has 2 atom stereocenters. The number of hydrogen-bond acceptors (Lipinski definition) is 10. The lowest BCUT2D eigenvalue weighted by Gasteiger charge is -2.31. The summed E-state index contributed by atoms with van der Waals surface area (Å²) in [5.74, 6) is -3.97. The third-order valence-corrected chi connectivity index (χ3v) is 7.14. The largest absolute Gasteiger partial charge is 0.493 e. The van der Waals surface area contributed by atoms with Crippen LogP contribution in [0.3, 0.4) is 0 Å². The summed E-state index contributed by atoms with van der Waals surface area (Å²) in [5, 5.41) is 11.7. The predicted molar refractivity (Wildman–Crippen MR) is 146 cm³/mol. The van der Waals surface area contributed by atoms with Crippen molar-refractivity contribution in [3.8, 4) is 5.75 Å². The zero-order valence-electron chi connectivity index (χ0n) is 23.0. The molecule has 0 spiro atoms. The van der Waals surface area contributed by atoms with E-state index in [0.717, 1.165) is 0 Å². The van der Waals surface area contributed by atoms with E-state index in [1.807, 2.05) is 0 Å². The number of amides is 2. The van der Waals surface area contributed by atoms with Gasteiger partial charge in [-0.1, -0.05) is 12.1 Å². The Balaban J connectivity index is 1.58. The Hall–Kier alpha value is -4.87. The van der Waals surface area contributed by atoms with Gasteiger partial charge in [0.05, 0.1) is 42.4 Å². The molecule has 0 saturated carbocycles. The van der Waals surface area contributed by atoms with Gasteiger partial charge in [-0.2, -0.15) is 0 Å². The second-order valence-corrected chi connectivity index (χ2v) is 9.56. The molecule has 2 aromatic carbocycles. The molecule has 4 rings (SSSR count). The van der Waals surface area contributed by atoms with E-state index < -0.39 is 28.7 Å². The first-order valence-corrected chi connectivity index (χ1v) is 12.9. The number of methoxy groups -OCH3 is 2. The highest BCUT2D eigenvalue weighted by Crippen LogP contribution is 2.44. The van der Waals surface area contributed by atoms with Crippen molar-refractivity contribution in [2.45, 2.75) is 32.6 Å². The first-order valence-electron chi connectivity index (χ1n) is 12.9. The van der Waals surface area contributed by atoms with E-state index in [1.54, 1.807) is 38.1 Å². The van der Waals surface area contributed by atoms with Gasteiger partial charge in [0, 0.05) is 41.6 Å². The number of carbonyl (C=O) groups is 4. The van der Waals surface area contributed by atoms with Gasteiger partial charge >= 0.3 is 11.9 Å². The van der Waals surface area contributed by atoms with Crippen molar-refractivity contribution in [3.05, 3.63) is 80.5 Å². The number of benzene rings is 2. The van der Waals surface area contributed by atoms with E-state index in [4.69, 9.17) is 14.2 Å². The molecular weight excluding hydrogens is 534 g/mol. The van der Waals surface area contributed by atoms with Crippen molar-refractivity contribution in [2.24, 2.45) is 10.9 Å². The number of ether oxygens (including phenoxy) is 3. The van der Waals surface area contributed by atoms with Crippen LogP contribution in [-0.2, 0) is 19.1 Å². The summed E-state index contributed by atoms with van der Waals surface area (Å²) in [6.07, 6.45) is 0.883. The average Bonchev–Trinajstić information content (AvgIpc) is 3.20. The molecule has 2 heterocycles. The Morgan fingerprint density at radius 1 is 1.00 bits per heavy atom. The van der Waals surface area contributed by atoms with Gasteiger partial charge in [-0.05, 0) is 44.9 Å². The fourth-order valence-corrected chi connectivity index (χ4v) is 5.20. The summed E-state index contributed by atoms with van der Waals surface area (Å²) in [7, 11) is 2.39. The van der Waals surface area contributed by atoms with Crippen LogP contribution < -0.4 is 4.74 Å². The Bertz CT molecular complexity index is 1460. The first kappa shape index (κ1) is 29.1. The van der Waals surface area contributed by atoms with Crippen LogP contribution in [0.15, 0.2) is 58.7 Å². The van der Waals surface area contributed by atoms with Gasteiger partial charge in [-0.15, -0.1) is 0 Å². The predicted octanol–water partition coefficient (Wildman–Crippen LogP) is 3.84. The van der Waals surface area contributed by atoms with E-state index in [2.05, 4.69) is 4.99 Å². The fraction of sp³-hybridized carbons (Fsp3) is 0.345. The molecule has 41 heavy (non-hydrogen) atoms. The van der Waals surface area contributed by atoms with E-state index in [-0.39, 0.29) is 47.5 Å². The number of non-ortho nitro benzene ring substituents is 1. The number of nitro benzene ring substituents is 1. The van der Waals surface area contributed by atoms with Crippen LogP contribution in [0.5, 0.6) is 5.75 Å². The monoisotopic (exact) mass is 563 g/mol. The Kier molecular flexibility index (Phi) is 8.60. The van der Waals surface area contributed by atoms with Crippen molar-refractivity contribution in [2.75, 3.05) is 27.4 Å². The lowest BCUT2D eigenvalue weighted by molar-refractivity contribution is -0.385. The highest BCUT2D eigenvalue weighted by atomic mass is 16.6. The summed E-state index contributed by atoms with van der Waals surface area (Å²) in [6, 6.07) is 10.6. The molecule has 214 valence electrons. The quantitative estimate of drug-likeness (QED) is 0.138. The van der Waals surface area contributed by atoms with Gasteiger partial charge in [0.2, 0.25) is 0 Å². The summed E-state index contributed by atoms with van der Waals surface area (Å²) in [5.41, 5.74) is 1.45. The Morgan fingerprint density at radius 3 is 2.24 bits per heavy atom. The van der Waals surface area contributed by atoms with E-state index >= 15 is 0 Å². The second kappa shape index (κ2) is 12.1. The minimum Gasteiger partial charge on any atom is -0.493 e. The third-order valence-electron chi connectivity index (χ3n) is 7.14. The first-order chi connectivity index (χ1) is 19.6. The van der Waals surface area contributed by atoms with Gasteiger partial charge in [-0.25, -0.2) is 4.79 Å². The van der Waals surface area contributed by atoms with Gasteiger partial charge in [-0.3, -0.25) is 34.4 Å². The van der Waals surface area contributed by atoms with Gasteiger partial charge < -0.3 is 14.2 Å². The van der Waals surface area contributed by atoms with Gasteiger partial charge in [0.25, 0.3) is 17.5 Å². The molecule has 12 nitrogen and oxygen atoms in total. The zero-order valence-corrected chi connectivity index (χ0v) is 23.0. The van der Waals surface area contributed by atoms with Crippen LogP contribution in [0, 0.1) is 16.0 Å². The number of nitro groups is 1. The molecule has 2 unspecified atom stereocenters. The minimum atomic E-state index is -1.06. The Morgan fingerprint density at radius 2 is 1.66 bits per heavy atom. The molecule has 0 N–H and O–H groups in total. The molecule has 0 bridgehead atoms. The van der Waals surface area contributed by atoms with Crippen LogP contribution in [0.2, 0.25) is 0 Å². The van der Waals surface area contributed by atoms with Crippen LogP contribution in [0.25, 0.3) is 0 Å². The fourth-order valence-electron chi connectivity index (χ4n) is 5.20. The summed E-state index contributed by atoms with van der Waals surface area (Å²) < 4.78 is 16.0. The van der Waals surface area contributed by atoms with Crippen LogP contribution in [0.1, 0.15) is 58.9 Å². The number of nitrogens with zero attached hydrogens (tertiary/aromatic N) is 3. The van der Waals surface area contributed by atoms with Crippen molar-refractivity contribution in [1.82, 2.24) is 4.90 Å². The lowest BCUT2D eigenvalue weighted by atomic mass is 9.75. The number of rotatable bonds is 10. The molecule has 0 aromatic heterocycles. The third kappa shape index (κ3) is 5.58. The normalized spacial score (nSPS) is 18.1. The maximum atomic E-state index is 12.9. The molecule has 0 radical (unpaired) electrons. The zero-order chi connectivity index (χ0) is 29.8. The molecule has 2 aromatic rings. The number of esters is 2. The summed E-state index contributed by atoms with van der Waals surface area (Å²) in [4.78, 5) is 67.6. The summed E-state index contributed by atoms with van der Waals surface area (Å²) in [6.45, 7) is 3.53. The van der Waals surface area contributed by atoms with Crippen LogP contribution >= 0.6 is 0 Å². The minimum absolute atomic E-state index is 0.0597. The molecule has 0 saturated heterocycles. The number of hydrogen-bond donors (Lipinski definition) is 0. The standard InChI is InChI=1S/C29H29N3O9/c1-16-23(28(35)39-3)25(24(17(2)30-16)29(36)40-4)21-15-18(32(37)38)11-12-22(21)41-14-8-7-13-31-26(33)19-9-5-6-10-20(19)27(31)34/h5-6,9-12,15,23,25H,7-8,13-14H2,1-4H3. The summed E-state index contributed by atoms with van der Waals surface area (Å²) >= 11 is 0. The van der Waals surface area contributed by atoms with Crippen molar-refractivity contribution in [3.63, 3.8) is 0 Å². The highest BCUT2D eigenvalue weighted by Gasteiger charge is 2.44. The molecule has 2 aliphatic heterocycles. The molecular formula is C29H29N3O9. The lowest BCUT2D eigenvalue weighted by Crippen LogP contribution is -2.36. The average molecular weight is 564 g/mol. The molecule has 2 amide bonds. The number of fused-ring (bicyclic) bond motifs is 1. The van der Waals surface area contributed by atoms with Gasteiger partial charge in [0.1, 0.15) is 11.7 Å². The van der Waals surface area contributed by atoms with Crippen molar-refractivity contribution >= 4 is 35.2 Å². The van der Waals surface area contributed by atoms with Gasteiger partial charge in [0.15, 0.2) is 0 Å². The topological polar surface area (TPSA) is 155 Å². The number of allylic oxidation sites excluding steroid dienone is 1. The maximum Gasteiger partial charge on any atom is 0.336 e. The van der Waals surface area contributed by atoms with Crippen molar-refractivity contribution < 1.29 is 38.3 Å². The Labute approximate surface area is 235 Å². The van der Waals surface area contributed by atoms with E-state index in [9.17, 15) is 29.3 Å². The van der Waals surface area contributed by atoms with Crippen LogP contribution in [0.4, 0.5) is 5.69 Å². The van der Waals surface area contributed by atoms with Crippen molar-refractivity contribution in [1.29, 1.82) is 0 Å². The molecule has 12 heteroatoms. The molecule has 2 aliphatic rings. The molecule has 0 fully saturated rings. The maximum absolute atomic E-state index is 12.9. The highest BCUT2D eigenvalue weighted by molar-refractivity contribution is 6.21.